The van der Waals surface area contributed by atoms with Gasteiger partial charge in [0.2, 0.25) is 17.8 Å². The Kier molecular flexibility index (Phi) is 4.08. The summed E-state index contributed by atoms with van der Waals surface area (Å²) >= 11 is 0. The Morgan fingerprint density at radius 2 is 1.88 bits per heavy atom. The number of amides is 2. The number of carbonyl (C=O) groups is 2. The van der Waals surface area contributed by atoms with Gasteiger partial charge < -0.3 is 14.7 Å². The topological polar surface area (TPSA) is 69.6 Å². The van der Waals surface area contributed by atoms with Crippen molar-refractivity contribution in [2.45, 2.75) is 31.7 Å². The lowest BCUT2D eigenvalue weighted by atomic mass is 10.1. The molecule has 2 saturated heterocycles. The second-order valence-electron chi connectivity index (χ2n) is 6.89. The van der Waals surface area contributed by atoms with Gasteiger partial charge in [0.05, 0.1) is 5.92 Å². The van der Waals surface area contributed by atoms with Gasteiger partial charge in [-0.2, -0.15) is 0 Å². The number of carbonyl (C=O) groups excluding carboxylic acids is 2. The molecule has 0 N–H and O–H groups in total. The fraction of sp³-hybridized carbons (Fsp3) is 0.647. The van der Waals surface area contributed by atoms with Gasteiger partial charge in [0.15, 0.2) is 0 Å². The first-order valence-corrected chi connectivity index (χ1v) is 8.82. The highest BCUT2D eigenvalue weighted by Gasteiger charge is 2.42. The second kappa shape index (κ2) is 6.37. The standard InChI is InChI=1S/C17H23N5O2/c23-15-11-13(12-22(15)14-3-4-14)16(24)20-7-2-8-21(10-9-20)17-18-5-1-6-19-17/h1,5-6,13-14H,2-4,7-12H2. The van der Waals surface area contributed by atoms with Crippen LogP contribution in [0.25, 0.3) is 0 Å². The monoisotopic (exact) mass is 329 g/mol. The molecule has 1 aromatic rings. The lowest BCUT2D eigenvalue weighted by Crippen LogP contribution is -2.40. The summed E-state index contributed by atoms with van der Waals surface area (Å²) in [5.74, 6) is 0.868. The lowest BCUT2D eigenvalue weighted by Gasteiger charge is -2.24. The summed E-state index contributed by atoms with van der Waals surface area (Å²) in [6.07, 6.45) is 6.97. The van der Waals surface area contributed by atoms with E-state index in [1.54, 1.807) is 18.5 Å². The highest BCUT2D eigenvalue weighted by Crippen LogP contribution is 2.33. The molecule has 1 saturated carbocycles. The maximum Gasteiger partial charge on any atom is 0.228 e. The van der Waals surface area contributed by atoms with Crippen molar-refractivity contribution in [3.8, 4) is 0 Å². The molecule has 128 valence electrons. The highest BCUT2D eigenvalue weighted by atomic mass is 16.2. The van der Waals surface area contributed by atoms with Crippen LogP contribution in [0, 0.1) is 5.92 Å². The Morgan fingerprint density at radius 3 is 2.62 bits per heavy atom. The molecular formula is C17H23N5O2. The molecule has 24 heavy (non-hydrogen) atoms. The van der Waals surface area contributed by atoms with Crippen LogP contribution >= 0.6 is 0 Å². The summed E-state index contributed by atoms with van der Waals surface area (Å²) in [6.45, 7) is 3.63. The van der Waals surface area contributed by atoms with Crippen LogP contribution in [-0.2, 0) is 9.59 Å². The van der Waals surface area contributed by atoms with Gasteiger partial charge in [0, 0.05) is 57.6 Å². The summed E-state index contributed by atoms with van der Waals surface area (Å²) in [4.78, 5) is 39.5. The van der Waals surface area contributed by atoms with Crippen LogP contribution in [0.1, 0.15) is 25.7 Å². The third-order valence-electron chi connectivity index (χ3n) is 5.14. The quantitative estimate of drug-likeness (QED) is 0.809. The van der Waals surface area contributed by atoms with E-state index in [0.717, 1.165) is 44.8 Å². The van der Waals surface area contributed by atoms with Gasteiger partial charge in [-0.15, -0.1) is 0 Å². The van der Waals surface area contributed by atoms with Crippen molar-refractivity contribution in [3.05, 3.63) is 18.5 Å². The van der Waals surface area contributed by atoms with Gasteiger partial charge >= 0.3 is 0 Å². The van der Waals surface area contributed by atoms with E-state index in [0.29, 0.717) is 25.6 Å². The molecule has 3 heterocycles. The van der Waals surface area contributed by atoms with E-state index in [1.807, 2.05) is 9.80 Å². The molecule has 0 bridgehead atoms. The molecule has 0 radical (unpaired) electrons. The summed E-state index contributed by atoms with van der Waals surface area (Å²) in [5.41, 5.74) is 0. The van der Waals surface area contributed by atoms with E-state index in [2.05, 4.69) is 14.9 Å². The van der Waals surface area contributed by atoms with Crippen molar-refractivity contribution in [2.24, 2.45) is 5.92 Å². The maximum absolute atomic E-state index is 12.8. The smallest absolute Gasteiger partial charge is 0.228 e. The van der Waals surface area contributed by atoms with Crippen LogP contribution in [0.15, 0.2) is 18.5 Å². The Bertz CT molecular complexity index is 619. The van der Waals surface area contributed by atoms with Gasteiger partial charge in [-0.1, -0.05) is 0 Å². The molecule has 1 unspecified atom stereocenters. The van der Waals surface area contributed by atoms with Gasteiger partial charge in [0.1, 0.15) is 0 Å². The Hall–Kier alpha value is -2.18. The first-order valence-electron chi connectivity index (χ1n) is 8.82. The molecule has 0 spiro atoms. The number of hydrogen-bond acceptors (Lipinski definition) is 5. The van der Waals surface area contributed by atoms with Crippen molar-refractivity contribution in [3.63, 3.8) is 0 Å². The van der Waals surface area contributed by atoms with Gasteiger partial charge in [-0.25, -0.2) is 9.97 Å². The zero-order valence-corrected chi connectivity index (χ0v) is 13.8. The molecule has 0 aromatic carbocycles. The van der Waals surface area contributed by atoms with Crippen LogP contribution in [0.5, 0.6) is 0 Å². The van der Waals surface area contributed by atoms with Crippen molar-refractivity contribution in [1.82, 2.24) is 19.8 Å². The zero-order chi connectivity index (χ0) is 16.5. The second-order valence-corrected chi connectivity index (χ2v) is 6.89. The minimum absolute atomic E-state index is 0.141. The zero-order valence-electron chi connectivity index (χ0n) is 13.8. The largest absolute Gasteiger partial charge is 0.341 e. The first kappa shape index (κ1) is 15.4. The molecule has 2 amide bonds. The number of rotatable bonds is 3. The predicted molar refractivity (Wildman–Crippen MR) is 88.3 cm³/mol. The predicted octanol–water partition coefficient (Wildman–Crippen LogP) is 0.526. The summed E-state index contributed by atoms with van der Waals surface area (Å²) < 4.78 is 0. The van der Waals surface area contributed by atoms with Crippen molar-refractivity contribution < 1.29 is 9.59 Å². The number of hydrogen-bond donors (Lipinski definition) is 0. The number of nitrogens with zero attached hydrogens (tertiary/aromatic N) is 5. The fourth-order valence-corrected chi connectivity index (χ4v) is 3.69. The molecule has 7 nitrogen and oxygen atoms in total. The highest BCUT2D eigenvalue weighted by molar-refractivity contribution is 5.89. The van der Waals surface area contributed by atoms with Crippen LogP contribution in [-0.4, -0.2) is 70.3 Å². The van der Waals surface area contributed by atoms with E-state index in [9.17, 15) is 9.59 Å². The van der Waals surface area contributed by atoms with Crippen molar-refractivity contribution in [1.29, 1.82) is 0 Å². The van der Waals surface area contributed by atoms with E-state index in [4.69, 9.17) is 0 Å². The first-order chi connectivity index (χ1) is 11.7. The fourth-order valence-electron chi connectivity index (χ4n) is 3.69. The summed E-state index contributed by atoms with van der Waals surface area (Å²) in [5, 5.41) is 0. The van der Waals surface area contributed by atoms with Crippen LogP contribution in [0.4, 0.5) is 5.95 Å². The maximum atomic E-state index is 12.8. The minimum Gasteiger partial charge on any atom is -0.341 e. The normalized spacial score (nSPS) is 25.1. The van der Waals surface area contributed by atoms with Gasteiger partial charge in [-0.3, -0.25) is 9.59 Å². The Labute approximate surface area is 141 Å². The van der Waals surface area contributed by atoms with Crippen molar-refractivity contribution >= 4 is 17.8 Å². The number of anilines is 1. The van der Waals surface area contributed by atoms with Crippen LogP contribution in [0.2, 0.25) is 0 Å². The minimum atomic E-state index is -0.155. The molecule has 3 fully saturated rings. The van der Waals surface area contributed by atoms with Crippen LogP contribution in [0.3, 0.4) is 0 Å². The number of aromatic nitrogens is 2. The molecule has 1 aromatic heterocycles. The third kappa shape index (κ3) is 3.07. The van der Waals surface area contributed by atoms with Crippen molar-refractivity contribution in [2.75, 3.05) is 37.6 Å². The third-order valence-corrected chi connectivity index (χ3v) is 5.14. The summed E-state index contributed by atoms with van der Waals surface area (Å²) in [7, 11) is 0. The SMILES string of the molecule is O=C(C1CC(=O)N(C2CC2)C1)N1CCCN(c2ncccn2)CC1. The number of likely N-dealkylation sites (tertiary alicyclic amines) is 1. The lowest BCUT2D eigenvalue weighted by molar-refractivity contribution is -0.135. The van der Waals surface area contributed by atoms with E-state index >= 15 is 0 Å². The Morgan fingerprint density at radius 1 is 1.08 bits per heavy atom. The molecule has 2 aliphatic heterocycles. The average molecular weight is 329 g/mol. The van der Waals surface area contributed by atoms with Gasteiger partial charge in [-0.05, 0) is 25.3 Å². The van der Waals surface area contributed by atoms with Gasteiger partial charge in [0.25, 0.3) is 0 Å². The van der Waals surface area contributed by atoms with Crippen LogP contribution < -0.4 is 4.90 Å². The van der Waals surface area contributed by atoms with E-state index in [-0.39, 0.29) is 17.7 Å². The molecule has 3 aliphatic rings. The van der Waals surface area contributed by atoms with E-state index < -0.39 is 0 Å². The van der Waals surface area contributed by atoms with E-state index in [1.165, 1.54) is 0 Å². The Balaban J connectivity index is 1.37. The molecule has 1 atom stereocenters. The molecule has 1 aliphatic carbocycles. The molecule has 4 rings (SSSR count). The molecular weight excluding hydrogens is 306 g/mol. The summed E-state index contributed by atoms with van der Waals surface area (Å²) in [6, 6.07) is 2.21. The molecule has 7 heteroatoms. The average Bonchev–Trinajstić information content (AvgIpc) is 3.41.